The lowest BCUT2D eigenvalue weighted by atomic mass is 10.1. The Morgan fingerprint density at radius 1 is 1.43 bits per heavy atom. The van der Waals surface area contributed by atoms with E-state index in [0.717, 1.165) is 16.8 Å². The number of aliphatic hydroxyl groups excluding tert-OH is 1. The van der Waals surface area contributed by atoms with Gasteiger partial charge in [-0.2, -0.15) is 11.3 Å². The van der Waals surface area contributed by atoms with Crippen LogP contribution in [-0.2, 0) is 16.0 Å². The van der Waals surface area contributed by atoms with Crippen molar-refractivity contribution < 1.29 is 14.6 Å². The third-order valence-electron chi connectivity index (χ3n) is 3.01. The molecule has 5 heteroatoms. The second-order valence-corrected chi connectivity index (χ2v) is 5.42. The van der Waals surface area contributed by atoms with Crippen LogP contribution in [-0.4, -0.2) is 24.2 Å². The van der Waals surface area contributed by atoms with Gasteiger partial charge in [0.05, 0.1) is 19.1 Å². The zero-order valence-corrected chi connectivity index (χ0v) is 12.7. The lowest BCUT2D eigenvalue weighted by molar-refractivity contribution is -0.142. The molecule has 0 aliphatic carbocycles. The summed E-state index contributed by atoms with van der Waals surface area (Å²) in [6.07, 6.45) is -0.277. The molecule has 1 aromatic carbocycles. The molecule has 0 spiro atoms. The van der Waals surface area contributed by atoms with Gasteiger partial charge >= 0.3 is 5.97 Å². The Morgan fingerprint density at radius 3 is 3.00 bits per heavy atom. The molecule has 4 nitrogen and oxygen atoms in total. The minimum atomic E-state index is -0.537. The summed E-state index contributed by atoms with van der Waals surface area (Å²) in [5.41, 5.74) is 2.68. The zero-order valence-electron chi connectivity index (χ0n) is 11.9. The summed E-state index contributed by atoms with van der Waals surface area (Å²) >= 11 is 1.56. The van der Waals surface area contributed by atoms with Gasteiger partial charge in [-0.15, -0.1) is 0 Å². The van der Waals surface area contributed by atoms with Crippen molar-refractivity contribution in [2.45, 2.75) is 19.4 Å². The second-order valence-electron chi connectivity index (χ2n) is 4.64. The van der Waals surface area contributed by atoms with E-state index in [1.54, 1.807) is 18.3 Å². The molecular formula is C16H19NO3S. The summed E-state index contributed by atoms with van der Waals surface area (Å²) < 4.78 is 4.93. The lowest BCUT2D eigenvalue weighted by Gasteiger charge is -2.12. The molecule has 21 heavy (non-hydrogen) atoms. The predicted octanol–water partition coefficient (Wildman–Crippen LogP) is 3.00. The largest absolute Gasteiger partial charge is 0.466 e. The van der Waals surface area contributed by atoms with Gasteiger partial charge in [-0.1, -0.05) is 12.1 Å². The molecule has 0 bridgehead atoms. The molecular weight excluding hydrogens is 286 g/mol. The second kappa shape index (κ2) is 7.81. The van der Waals surface area contributed by atoms with Gasteiger partial charge in [0.2, 0.25) is 0 Å². The molecule has 0 fully saturated rings. The number of ether oxygens (including phenoxy) is 1. The van der Waals surface area contributed by atoms with Gasteiger partial charge in [-0.05, 0) is 47.0 Å². The van der Waals surface area contributed by atoms with E-state index in [1.807, 2.05) is 41.1 Å². The summed E-state index contributed by atoms with van der Waals surface area (Å²) in [6, 6.07) is 9.49. The Bertz CT molecular complexity index is 569. The van der Waals surface area contributed by atoms with Gasteiger partial charge in [0.25, 0.3) is 0 Å². The van der Waals surface area contributed by atoms with Crippen LogP contribution in [0.3, 0.4) is 0 Å². The number of carbonyl (C=O) groups excluding carboxylic acids is 1. The zero-order chi connectivity index (χ0) is 15.1. The molecule has 0 aliphatic heterocycles. The van der Waals surface area contributed by atoms with E-state index in [9.17, 15) is 9.90 Å². The Balaban J connectivity index is 1.90. The van der Waals surface area contributed by atoms with Crippen LogP contribution in [0.25, 0.3) is 0 Å². The number of aliphatic hydroxyl groups is 1. The molecule has 1 aromatic heterocycles. The van der Waals surface area contributed by atoms with Gasteiger partial charge < -0.3 is 15.2 Å². The molecule has 0 saturated heterocycles. The molecule has 2 rings (SSSR count). The molecule has 0 saturated carbocycles. The molecule has 1 unspecified atom stereocenters. The number of hydrogen-bond donors (Lipinski definition) is 2. The fourth-order valence-electron chi connectivity index (χ4n) is 1.97. The first-order chi connectivity index (χ1) is 10.2. The van der Waals surface area contributed by atoms with Gasteiger partial charge in [-0.3, -0.25) is 4.79 Å². The third-order valence-corrected chi connectivity index (χ3v) is 3.71. The summed E-state index contributed by atoms with van der Waals surface area (Å²) in [5, 5.41) is 17.1. The average Bonchev–Trinajstić information content (AvgIpc) is 2.99. The van der Waals surface area contributed by atoms with Crippen LogP contribution in [0.4, 0.5) is 5.69 Å². The number of hydrogen-bond acceptors (Lipinski definition) is 5. The number of rotatable bonds is 7. The third kappa shape index (κ3) is 4.88. The molecule has 1 heterocycles. The highest BCUT2D eigenvalue weighted by atomic mass is 32.1. The maximum atomic E-state index is 11.5. The van der Waals surface area contributed by atoms with Gasteiger partial charge in [-0.25, -0.2) is 0 Å². The first kappa shape index (κ1) is 15.5. The van der Waals surface area contributed by atoms with Crippen LogP contribution in [0.5, 0.6) is 0 Å². The lowest BCUT2D eigenvalue weighted by Crippen LogP contribution is -2.12. The normalized spacial score (nSPS) is 11.9. The van der Waals surface area contributed by atoms with Crippen molar-refractivity contribution in [3.8, 4) is 0 Å². The minimum Gasteiger partial charge on any atom is -0.466 e. The topological polar surface area (TPSA) is 58.6 Å². The van der Waals surface area contributed by atoms with Crippen molar-refractivity contribution in [2.75, 3.05) is 18.5 Å². The monoisotopic (exact) mass is 305 g/mol. The van der Waals surface area contributed by atoms with E-state index in [2.05, 4.69) is 5.32 Å². The van der Waals surface area contributed by atoms with E-state index >= 15 is 0 Å². The molecule has 0 amide bonds. The van der Waals surface area contributed by atoms with Crippen LogP contribution >= 0.6 is 11.3 Å². The smallest absolute Gasteiger partial charge is 0.310 e. The molecule has 0 radical (unpaired) electrons. The van der Waals surface area contributed by atoms with Crippen LogP contribution < -0.4 is 5.32 Å². The number of nitrogens with one attached hydrogen (secondary N) is 1. The average molecular weight is 305 g/mol. The van der Waals surface area contributed by atoms with Gasteiger partial charge in [0.15, 0.2) is 0 Å². The molecule has 112 valence electrons. The molecule has 2 N–H and O–H groups in total. The molecule has 2 aromatic rings. The van der Waals surface area contributed by atoms with Crippen LogP contribution in [0.15, 0.2) is 41.1 Å². The quantitative estimate of drug-likeness (QED) is 0.772. The van der Waals surface area contributed by atoms with Crippen LogP contribution in [0, 0.1) is 0 Å². The van der Waals surface area contributed by atoms with E-state index < -0.39 is 6.10 Å². The Morgan fingerprint density at radius 2 is 2.29 bits per heavy atom. The first-order valence-corrected chi connectivity index (χ1v) is 7.82. The SMILES string of the molecule is CCOC(=O)Cc1cccc(NCC(O)c2ccsc2)c1. The summed E-state index contributed by atoms with van der Waals surface area (Å²) in [7, 11) is 0. The highest BCUT2D eigenvalue weighted by Crippen LogP contribution is 2.18. The standard InChI is InChI=1S/C16H19NO3S/c1-2-20-16(19)9-12-4-3-5-14(8-12)17-10-15(18)13-6-7-21-11-13/h3-8,11,15,17-18H,2,9-10H2,1H3. The number of carbonyl (C=O) groups is 1. The molecule has 0 aliphatic rings. The van der Waals surface area contributed by atoms with E-state index in [1.165, 1.54) is 0 Å². The summed E-state index contributed by atoms with van der Waals surface area (Å²) in [6.45, 7) is 2.62. The maximum Gasteiger partial charge on any atom is 0.310 e. The van der Waals surface area contributed by atoms with Crippen molar-refractivity contribution in [3.05, 3.63) is 52.2 Å². The highest BCUT2D eigenvalue weighted by Gasteiger charge is 2.08. The van der Waals surface area contributed by atoms with Crippen molar-refractivity contribution in [1.29, 1.82) is 0 Å². The highest BCUT2D eigenvalue weighted by molar-refractivity contribution is 7.07. The fourth-order valence-corrected chi connectivity index (χ4v) is 2.67. The fraction of sp³-hybridized carbons (Fsp3) is 0.312. The number of anilines is 1. The van der Waals surface area contributed by atoms with Crippen molar-refractivity contribution >= 4 is 23.0 Å². The molecule has 1 atom stereocenters. The van der Waals surface area contributed by atoms with E-state index in [-0.39, 0.29) is 12.4 Å². The van der Waals surface area contributed by atoms with Crippen LogP contribution in [0.2, 0.25) is 0 Å². The van der Waals surface area contributed by atoms with Gasteiger partial charge in [0.1, 0.15) is 0 Å². The Labute approximate surface area is 128 Å². The number of esters is 1. The first-order valence-electron chi connectivity index (χ1n) is 6.87. The predicted molar refractivity (Wildman–Crippen MR) is 84.5 cm³/mol. The van der Waals surface area contributed by atoms with E-state index in [4.69, 9.17) is 4.74 Å². The number of benzene rings is 1. The summed E-state index contributed by atoms with van der Waals surface area (Å²) in [4.78, 5) is 11.5. The van der Waals surface area contributed by atoms with Crippen molar-refractivity contribution in [2.24, 2.45) is 0 Å². The Kier molecular flexibility index (Phi) is 5.78. The van der Waals surface area contributed by atoms with Crippen LogP contribution in [0.1, 0.15) is 24.2 Å². The summed E-state index contributed by atoms with van der Waals surface area (Å²) in [5.74, 6) is -0.229. The van der Waals surface area contributed by atoms with Crippen molar-refractivity contribution in [3.63, 3.8) is 0 Å². The Hall–Kier alpha value is -1.85. The van der Waals surface area contributed by atoms with E-state index in [0.29, 0.717) is 13.2 Å². The minimum absolute atomic E-state index is 0.229. The van der Waals surface area contributed by atoms with Gasteiger partial charge in [0, 0.05) is 12.2 Å². The number of thiophene rings is 1. The van der Waals surface area contributed by atoms with Crippen molar-refractivity contribution in [1.82, 2.24) is 0 Å². The maximum absolute atomic E-state index is 11.5.